The highest BCUT2D eigenvalue weighted by atomic mass is 14.5. The van der Waals surface area contributed by atoms with Crippen molar-refractivity contribution in [3.8, 4) is 0 Å². The van der Waals surface area contributed by atoms with Gasteiger partial charge in [-0.3, -0.25) is 0 Å². The van der Waals surface area contributed by atoms with Crippen molar-refractivity contribution in [1.29, 1.82) is 0 Å². The fourth-order valence-corrected chi connectivity index (χ4v) is 8.54. The molecule has 0 bridgehead atoms. The van der Waals surface area contributed by atoms with Gasteiger partial charge >= 0.3 is 0 Å². The third-order valence-electron chi connectivity index (χ3n) is 10.3. The van der Waals surface area contributed by atoms with Crippen molar-refractivity contribution >= 4 is 0 Å². The maximum atomic E-state index is 2.50. The molecule has 8 atom stereocenters. The van der Waals surface area contributed by atoms with Crippen LogP contribution in [0.25, 0.3) is 0 Å². The third-order valence-corrected chi connectivity index (χ3v) is 10.3. The van der Waals surface area contributed by atoms with Gasteiger partial charge in [-0.15, -0.1) is 0 Å². The molecule has 0 aromatic heterocycles. The van der Waals surface area contributed by atoms with Crippen molar-refractivity contribution in [2.45, 2.75) is 110 Å². The average Bonchev–Trinajstić information content (AvgIpc) is 3.13. The van der Waals surface area contributed by atoms with E-state index in [-0.39, 0.29) is 0 Å². The zero-order chi connectivity index (χ0) is 17.5. The lowest BCUT2D eigenvalue weighted by Gasteiger charge is -2.37. The van der Waals surface area contributed by atoms with Crippen molar-refractivity contribution in [2.75, 3.05) is 0 Å². The van der Waals surface area contributed by atoms with Crippen LogP contribution in [-0.4, -0.2) is 0 Å². The van der Waals surface area contributed by atoms with E-state index in [0.717, 1.165) is 53.3 Å². The lowest BCUT2D eigenvalue weighted by molar-refractivity contribution is 0.140. The van der Waals surface area contributed by atoms with Crippen LogP contribution in [0.5, 0.6) is 0 Å². The van der Waals surface area contributed by atoms with Crippen molar-refractivity contribution in [2.24, 2.45) is 53.3 Å². The number of rotatable bonds is 3. The fourth-order valence-electron chi connectivity index (χ4n) is 8.54. The van der Waals surface area contributed by atoms with E-state index in [0.29, 0.717) is 0 Å². The SMILES string of the molecule is CC1CCC(C2CC3CCC(C4CCCC(C5CCC5)CC4)CC3C2)C1. The highest BCUT2D eigenvalue weighted by molar-refractivity contribution is 4.94. The predicted octanol–water partition coefficient (Wildman–Crippen LogP) is 7.86. The van der Waals surface area contributed by atoms with E-state index in [9.17, 15) is 0 Å². The van der Waals surface area contributed by atoms with Gasteiger partial charge in [0.15, 0.2) is 0 Å². The topological polar surface area (TPSA) is 0 Å². The second-order valence-electron chi connectivity index (χ2n) is 11.7. The molecule has 0 saturated heterocycles. The van der Waals surface area contributed by atoms with Crippen LogP contribution in [0.15, 0.2) is 0 Å². The van der Waals surface area contributed by atoms with Crippen LogP contribution >= 0.6 is 0 Å². The Balaban J connectivity index is 1.14. The number of hydrogen-bond acceptors (Lipinski definition) is 0. The van der Waals surface area contributed by atoms with Crippen LogP contribution in [0.4, 0.5) is 0 Å². The molecule has 0 spiro atoms. The first-order valence-electron chi connectivity index (χ1n) is 12.8. The molecule has 5 rings (SSSR count). The molecule has 8 unspecified atom stereocenters. The molecule has 0 amide bonds. The van der Waals surface area contributed by atoms with E-state index in [1.165, 1.54) is 12.8 Å². The molecule has 0 radical (unpaired) electrons. The summed E-state index contributed by atoms with van der Waals surface area (Å²) < 4.78 is 0. The molecule has 0 nitrogen and oxygen atoms in total. The largest absolute Gasteiger partial charge is 0.0625 e. The van der Waals surface area contributed by atoms with Crippen molar-refractivity contribution in [1.82, 2.24) is 0 Å². The van der Waals surface area contributed by atoms with Crippen LogP contribution in [0.2, 0.25) is 0 Å². The Kier molecular flexibility index (Phi) is 5.41. The summed E-state index contributed by atoms with van der Waals surface area (Å²) >= 11 is 0. The van der Waals surface area contributed by atoms with E-state index in [2.05, 4.69) is 6.92 Å². The molecule has 5 saturated carbocycles. The normalized spacial score (nSPS) is 50.2. The standard InChI is InChI=1S/C26H44/c1-18-8-9-22(14-18)25-16-24-13-12-23(15-26(24)17-25)21-7-3-6-20(10-11-21)19-4-2-5-19/h18-26H,2-17H2,1H3. The minimum Gasteiger partial charge on any atom is -0.0625 e. The van der Waals surface area contributed by atoms with Crippen LogP contribution in [0.1, 0.15) is 110 Å². The highest BCUT2D eigenvalue weighted by Crippen LogP contribution is 2.54. The molecule has 0 heterocycles. The van der Waals surface area contributed by atoms with E-state index in [4.69, 9.17) is 0 Å². The van der Waals surface area contributed by atoms with Gasteiger partial charge in [-0.2, -0.15) is 0 Å². The summed E-state index contributed by atoms with van der Waals surface area (Å²) in [5.74, 6) is 10.1. The maximum Gasteiger partial charge on any atom is -0.0380 e. The lowest BCUT2D eigenvalue weighted by atomic mass is 9.69. The fraction of sp³-hybridized carbons (Fsp3) is 1.00. The molecule has 0 N–H and O–H groups in total. The smallest absolute Gasteiger partial charge is 0.0380 e. The van der Waals surface area contributed by atoms with Crippen molar-refractivity contribution in [3.05, 3.63) is 0 Å². The highest BCUT2D eigenvalue weighted by Gasteiger charge is 2.44. The second kappa shape index (κ2) is 7.79. The first kappa shape index (κ1) is 18.1. The number of fused-ring (bicyclic) bond motifs is 1. The Morgan fingerprint density at radius 1 is 0.346 bits per heavy atom. The van der Waals surface area contributed by atoms with Gasteiger partial charge in [-0.05, 0) is 111 Å². The molecule has 0 aliphatic heterocycles. The Bertz CT molecular complexity index is 463. The van der Waals surface area contributed by atoms with Crippen LogP contribution in [0.3, 0.4) is 0 Å². The van der Waals surface area contributed by atoms with Crippen molar-refractivity contribution < 1.29 is 0 Å². The molecule has 148 valence electrons. The first-order valence-corrected chi connectivity index (χ1v) is 12.8. The van der Waals surface area contributed by atoms with Gasteiger partial charge in [0.2, 0.25) is 0 Å². The lowest BCUT2D eigenvalue weighted by Crippen LogP contribution is -2.26. The van der Waals surface area contributed by atoms with Crippen molar-refractivity contribution in [3.63, 3.8) is 0 Å². The third kappa shape index (κ3) is 3.65. The van der Waals surface area contributed by atoms with Crippen LogP contribution < -0.4 is 0 Å². The predicted molar refractivity (Wildman–Crippen MR) is 111 cm³/mol. The Morgan fingerprint density at radius 3 is 1.31 bits per heavy atom. The average molecular weight is 357 g/mol. The first-order chi connectivity index (χ1) is 12.8. The minimum absolute atomic E-state index is 1.03. The molecule has 5 aliphatic rings. The Hall–Kier alpha value is 0. The minimum atomic E-state index is 1.03. The quantitative estimate of drug-likeness (QED) is 0.451. The summed E-state index contributed by atoms with van der Waals surface area (Å²) in [5, 5.41) is 0. The molecular weight excluding hydrogens is 312 g/mol. The van der Waals surface area contributed by atoms with E-state index >= 15 is 0 Å². The summed E-state index contributed by atoms with van der Waals surface area (Å²) in [4.78, 5) is 0. The Labute approximate surface area is 163 Å². The van der Waals surface area contributed by atoms with E-state index in [1.54, 1.807) is 89.9 Å². The van der Waals surface area contributed by atoms with E-state index < -0.39 is 0 Å². The van der Waals surface area contributed by atoms with Gasteiger partial charge in [-0.25, -0.2) is 0 Å². The summed E-state index contributed by atoms with van der Waals surface area (Å²) in [6.45, 7) is 2.50. The second-order valence-corrected chi connectivity index (χ2v) is 11.7. The molecular formula is C26H44. The zero-order valence-electron chi connectivity index (χ0n) is 17.5. The van der Waals surface area contributed by atoms with Gasteiger partial charge in [0.05, 0.1) is 0 Å². The molecule has 0 aromatic carbocycles. The molecule has 5 fully saturated rings. The zero-order valence-corrected chi connectivity index (χ0v) is 17.5. The molecule has 5 aliphatic carbocycles. The van der Waals surface area contributed by atoms with Gasteiger partial charge < -0.3 is 0 Å². The van der Waals surface area contributed by atoms with Gasteiger partial charge in [-0.1, -0.05) is 51.9 Å². The van der Waals surface area contributed by atoms with Gasteiger partial charge in [0, 0.05) is 0 Å². The van der Waals surface area contributed by atoms with Crippen LogP contribution in [0, 0.1) is 53.3 Å². The summed E-state index contributed by atoms with van der Waals surface area (Å²) in [6.07, 6.45) is 25.4. The molecule has 0 aromatic rings. The van der Waals surface area contributed by atoms with Crippen LogP contribution in [-0.2, 0) is 0 Å². The number of hydrogen-bond donors (Lipinski definition) is 0. The van der Waals surface area contributed by atoms with Gasteiger partial charge in [0.25, 0.3) is 0 Å². The summed E-state index contributed by atoms with van der Waals surface area (Å²) in [6, 6.07) is 0. The maximum absolute atomic E-state index is 2.50. The van der Waals surface area contributed by atoms with E-state index in [1.807, 2.05) is 0 Å². The molecule has 26 heavy (non-hydrogen) atoms. The monoisotopic (exact) mass is 356 g/mol. The molecule has 0 heteroatoms. The summed E-state index contributed by atoms with van der Waals surface area (Å²) in [7, 11) is 0. The Morgan fingerprint density at radius 2 is 0.731 bits per heavy atom. The summed E-state index contributed by atoms with van der Waals surface area (Å²) in [5.41, 5.74) is 0. The van der Waals surface area contributed by atoms with Gasteiger partial charge in [0.1, 0.15) is 0 Å².